The highest BCUT2D eigenvalue weighted by Crippen LogP contribution is 2.20. The van der Waals surface area contributed by atoms with Crippen LogP contribution in [0.4, 0.5) is 0 Å². The summed E-state index contributed by atoms with van der Waals surface area (Å²) < 4.78 is 0. The van der Waals surface area contributed by atoms with Gasteiger partial charge in [-0.15, -0.1) is 0 Å². The van der Waals surface area contributed by atoms with Crippen molar-refractivity contribution < 1.29 is 14.7 Å². The Morgan fingerprint density at radius 1 is 1.35 bits per heavy atom. The molecule has 2 N–H and O–H groups in total. The molecular weight excluding hydrogens is 292 g/mol. The maximum atomic E-state index is 12.2. The lowest BCUT2D eigenvalue weighted by Crippen LogP contribution is -2.39. The topological polar surface area (TPSA) is 69.6 Å². The molecule has 2 amide bonds. The third kappa shape index (κ3) is 4.79. The Labute approximate surface area is 137 Å². The average Bonchev–Trinajstić information content (AvgIpc) is 2.87. The first-order chi connectivity index (χ1) is 10.9. The quantitative estimate of drug-likeness (QED) is 0.834. The number of hydrogen-bond acceptors (Lipinski definition) is 3. The molecule has 1 aliphatic heterocycles. The van der Waals surface area contributed by atoms with Crippen LogP contribution in [0.15, 0.2) is 24.3 Å². The number of nitrogens with zero attached hydrogens (tertiary/aromatic N) is 1. The van der Waals surface area contributed by atoms with Gasteiger partial charge in [0.15, 0.2) is 0 Å². The van der Waals surface area contributed by atoms with Gasteiger partial charge in [0, 0.05) is 26.1 Å². The number of hydrogen-bond donors (Lipinski definition) is 2. The van der Waals surface area contributed by atoms with Gasteiger partial charge in [-0.2, -0.15) is 0 Å². The monoisotopic (exact) mass is 318 g/mol. The molecule has 1 aliphatic rings. The van der Waals surface area contributed by atoms with Crippen LogP contribution in [-0.4, -0.2) is 41.0 Å². The van der Waals surface area contributed by atoms with Crippen LogP contribution in [-0.2, 0) is 16.1 Å². The fraction of sp³-hybridized carbons (Fsp3) is 0.556. The number of aliphatic hydroxyl groups excluding tert-OH is 1. The van der Waals surface area contributed by atoms with E-state index in [4.69, 9.17) is 0 Å². The fourth-order valence-corrected chi connectivity index (χ4v) is 2.60. The van der Waals surface area contributed by atoms with Gasteiger partial charge in [0.1, 0.15) is 0 Å². The molecule has 5 nitrogen and oxygen atoms in total. The van der Waals surface area contributed by atoms with Gasteiger partial charge in [-0.05, 0) is 18.4 Å². The summed E-state index contributed by atoms with van der Waals surface area (Å²) in [4.78, 5) is 26.0. The lowest BCUT2D eigenvalue weighted by atomic mass is 10.1. The van der Waals surface area contributed by atoms with Gasteiger partial charge in [0.2, 0.25) is 11.8 Å². The molecule has 126 valence electrons. The average molecular weight is 318 g/mol. The summed E-state index contributed by atoms with van der Waals surface area (Å²) in [6.45, 7) is 7.04. The predicted octanol–water partition coefficient (Wildman–Crippen LogP) is 1.48. The van der Waals surface area contributed by atoms with Crippen molar-refractivity contribution in [1.29, 1.82) is 0 Å². The van der Waals surface area contributed by atoms with Crippen LogP contribution in [0.25, 0.3) is 0 Å². The fourth-order valence-electron chi connectivity index (χ4n) is 2.60. The maximum Gasteiger partial charge on any atom is 0.225 e. The minimum Gasteiger partial charge on any atom is -0.391 e. The molecule has 0 spiro atoms. The van der Waals surface area contributed by atoms with Crippen molar-refractivity contribution in [3.8, 4) is 0 Å². The normalized spacial score (nSPS) is 19.3. The lowest BCUT2D eigenvalue weighted by Gasteiger charge is -2.18. The van der Waals surface area contributed by atoms with Crippen LogP contribution in [0, 0.1) is 18.8 Å². The number of aliphatic hydroxyl groups is 1. The molecule has 1 saturated heterocycles. The second-order valence-corrected chi connectivity index (χ2v) is 6.72. The SMILES string of the molecule is Cc1ccc(CN2CC(C(=O)NCC(O)C(C)C)CC2=O)cc1. The Morgan fingerprint density at radius 3 is 2.61 bits per heavy atom. The zero-order chi connectivity index (χ0) is 17.0. The summed E-state index contributed by atoms with van der Waals surface area (Å²) in [5, 5.41) is 12.5. The molecule has 2 atom stereocenters. The van der Waals surface area contributed by atoms with Crippen molar-refractivity contribution in [2.75, 3.05) is 13.1 Å². The number of aryl methyl sites for hydroxylation is 1. The molecular formula is C18H26N2O3. The summed E-state index contributed by atoms with van der Waals surface area (Å²) in [5.74, 6) is -0.370. The van der Waals surface area contributed by atoms with Gasteiger partial charge in [0.25, 0.3) is 0 Å². The molecule has 0 saturated carbocycles. The molecule has 0 aliphatic carbocycles. The van der Waals surface area contributed by atoms with E-state index < -0.39 is 6.10 Å². The summed E-state index contributed by atoms with van der Waals surface area (Å²) in [6.07, 6.45) is -0.310. The Kier molecular flexibility index (Phi) is 5.77. The van der Waals surface area contributed by atoms with E-state index in [0.717, 1.165) is 5.56 Å². The standard InChI is InChI=1S/C18H26N2O3/c1-12(2)16(21)9-19-18(23)15-8-17(22)20(11-15)10-14-6-4-13(3)5-7-14/h4-7,12,15-16,21H,8-11H2,1-3H3,(H,19,23). The summed E-state index contributed by atoms with van der Waals surface area (Å²) >= 11 is 0. The van der Waals surface area contributed by atoms with Gasteiger partial charge in [-0.25, -0.2) is 0 Å². The Morgan fingerprint density at radius 2 is 2.00 bits per heavy atom. The van der Waals surface area contributed by atoms with Gasteiger partial charge in [0.05, 0.1) is 12.0 Å². The third-order valence-electron chi connectivity index (χ3n) is 4.33. The van der Waals surface area contributed by atoms with E-state index in [0.29, 0.717) is 13.1 Å². The van der Waals surface area contributed by atoms with Crippen LogP contribution >= 0.6 is 0 Å². The summed E-state index contributed by atoms with van der Waals surface area (Å²) in [7, 11) is 0. The number of carbonyl (C=O) groups is 2. The third-order valence-corrected chi connectivity index (χ3v) is 4.33. The van der Waals surface area contributed by atoms with Crippen molar-refractivity contribution in [1.82, 2.24) is 10.2 Å². The molecule has 2 unspecified atom stereocenters. The van der Waals surface area contributed by atoms with E-state index in [1.807, 2.05) is 45.0 Å². The lowest BCUT2D eigenvalue weighted by molar-refractivity contribution is -0.129. The molecule has 2 rings (SSSR count). The first-order valence-electron chi connectivity index (χ1n) is 8.16. The van der Waals surface area contributed by atoms with Crippen LogP contribution in [0.3, 0.4) is 0 Å². The smallest absolute Gasteiger partial charge is 0.225 e. The second kappa shape index (κ2) is 7.59. The highest BCUT2D eigenvalue weighted by Gasteiger charge is 2.34. The highest BCUT2D eigenvalue weighted by molar-refractivity contribution is 5.89. The van der Waals surface area contributed by atoms with E-state index in [1.54, 1.807) is 4.90 Å². The number of amides is 2. The number of rotatable bonds is 6. The number of nitrogens with one attached hydrogen (secondary N) is 1. The highest BCUT2D eigenvalue weighted by atomic mass is 16.3. The van der Waals surface area contributed by atoms with E-state index in [1.165, 1.54) is 5.56 Å². The maximum absolute atomic E-state index is 12.2. The predicted molar refractivity (Wildman–Crippen MR) is 88.6 cm³/mol. The van der Waals surface area contributed by atoms with Crippen LogP contribution in [0.5, 0.6) is 0 Å². The Balaban J connectivity index is 1.86. The Hall–Kier alpha value is -1.88. The van der Waals surface area contributed by atoms with Crippen molar-refractivity contribution in [3.63, 3.8) is 0 Å². The summed E-state index contributed by atoms with van der Waals surface area (Å²) in [5.41, 5.74) is 2.25. The molecule has 23 heavy (non-hydrogen) atoms. The second-order valence-electron chi connectivity index (χ2n) is 6.72. The molecule has 1 fully saturated rings. The van der Waals surface area contributed by atoms with Crippen LogP contribution in [0.1, 0.15) is 31.4 Å². The van der Waals surface area contributed by atoms with E-state index in [9.17, 15) is 14.7 Å². The largest absolute Gasteiger partial charge is 0.391 e. The van der Waals surface area contributed by atoms with Crippen molar-refractivity contribution in [2.24, 2.45) is 11.8 Å². The van der Waals surface area contributed by atoms with Gasteiger partial charge in [-0.3, -0.25) is 9.59 Å². The van der Waals surface area contributed by atoms with Gasteiger partial charge >= 0.3 is 0 Å². The molecule has 0 radical (unpaired) electrons. The molecule has 0 aromatic heterocycles. The van der Waals surface area contributed by atoms with E-state index in [2.05, 4.69) is 5.32 Å². The van der Waals surface area contributed by atoms with E-state index in [-0.39, 0.29) is 36.6 Å². The Bertz CT molecular complexity index is 554. The first-order valence-corrected chi connectivity index (χ1v) is 8.16. The van der Waals surface area contributed by atoms with Gasteiger partial charge in [-0.1, -0.05) is 43.7 Å². The minimum absolute atomic E-state index is 0.00938. The summed E-state index contributed by atoms with van der Waals surface area (Å²) in [6, 6.07) is 8.06. The van der Waals surface area contributed by atoms with Crippen molar-refractivity contribution in [3.05, 3.63) is 35.4 Å². The van der Waals surface area contributed by atoms with E-state index >= 15 is 0 Å². The minimum atomic E-state index is -0.556. The van der Waals surface area contributed by atoms with Crippen molar-refractivity contribution in [2.45, 2.75) is 39.8 Å². The molecule has 5 heteroatoms. The van der Waals surface area contributed by atoms with Crippen LogP contribution in [0.2, 0.25) is 0 Å². The van der Waals surface area contributed by atoms with Gasteiger partial charge < -0.3 is 15.3 Å². The zero-order valence-corrected chi connectivity index (χ0v) is 14.1. The molecule has 1 aromatic carbocycles. The number of likely N-dealkylation sites (tertiary alicyclic amines) is 1. The van der Waals surface area contributed by atoms with Crippen LogP contribution < -0.4 is 5.32 Å². The molecule has 0 bridgehead atoms. The number of benzene rings is 1. The zero-order valence-electron chi connectivity index (χ0n) is 14.1. The first kappa shape index (κ1) is 17.5. The molecule has 1 heterocycles. The molecule has 1 aromatic rings. The van der Waals surface area contributed by atoms with Crippen molar-refractivity contribution >= 4 is 11.8 Å². The number of carbonyl (C=O) groups excluding carboxylic acids is 2.